The van der Waals surface area contributed by atoms with E-state index >= 15 is 0 Å². The average Bonchev–Trinajstić information content (AvgIpc) is 2.79. The number of piperazine rings is 1. The topological polar surface area (TPSA) is 91.8 Å². The zero-order valence-corrected chi connectivity index (χ0v) is 18.0. The van der Waals surface area contributed by atoms with E-state index in [9.17, 15) is 13.2 Å². The number of fused-ring (bicyclic) bond motifs is 1. The molecule has 0 spiro atoms. The van der Waals surface area contributed by atoms with Gasteiger partial charge in [-0.25, -0.2) is 8.42 Å². The first kappa shape index (κ1) is 21.4. The number of hydrogen-bond donors (Lipinski definition) is 1. The lowest BCUT2D eigenvalue weighted by molar-refractivity contribution is 0.0628. The first-order chi connectivity index (χ1) is 15.0. The minimum absolute atomic E-state index is 0.0411. The molecule has 3 aromatic rings. The Balaban J connectivity index is 1.38. The third kappa shape index (κ3) is 4.75. The van der Waals surface area contributed by atoms with Crippen molar-refractivity contribution in [2.24, 2.45) is 0 Å². The number of nitrogens with one attached hydrogen (secondary N) is 1. The molecule has 0 aliphatic carbocycles. The Hall–Kier alpha value is -2.85. The van der Waals surface area contributed by atoms with Crippen molar-refractivity contribution in [1.29, 1.82) is 0 Å². The van der Waals surface area contributed by atoms with Gasteiger partial charge in [-0.2, -0.15) is 0 Å². The van der Waals surface area contributed by atoms with E-state index in [-0.39, 0.29) is 10.8 Å². The number of rotatable bonds is 6. The molecule has 1 saturated heterocycles. The zero-order chi connectivity index (χ0) is 21.8. The molecule has 0 atom stereocenters. The van der Waals surface area contributed by atoms with Crippen LogP contribution >= 0.6 is 0 Å². The lowest BCUT2D eigenvalue weighted by Crippen LogP contribution is -2.48. The number of carbonyl (C=O) groups is 1. The van der Waals surface area contributed by atoms with Gasteiger partial charge in [0.25, 0.3) is 15.9 Å². The average molecular weight is 441 g/mol. The lowest BCUT2D eigenvalue weighted by atomic mass is 10.1. The number of para-hydroxylation sites is 1. The molecule has 1 N–H and O–H groups in total. The van der Waals surface area contributed by atoms with Gasteiger partial charge in [0.05, 0.1) is 17.5 Å². The maximum atomic E-state index is 12.8. The number of hydrogen-bond acceptors (Lipinski definition) is 6. The fraction of sp³-hybridized carbons (Fsp3) is 0.273. The van der Waals surface area contributed by atoms with Crippen LogP contribution in [-0.4, -0.2) is 62.4 Å². The molecule has 0 saturated carbocycles. The van der Waals surface area contributed by atoms with E-state index in [2.05, 4.69) is 32.9 Å². The van der Waals surface area contributed by atoms with Crippen LogP contribution in [0.15, 0.2) is 65.7 Å². The number of carbonyl (C=O) groups excluding carboxylic acids is 1. The molecule has 31 heavy (non-hydrogen) atoms. The first-order valence-corrected chi connectivity index (χ1v) is 11.5. The summed E-state index contributed by atoms with van der Waals surface area (Å²) in [4.78, 5) is 28.0. The molecular formula is C22H24N4O4S. The Morgan fingerprint density at radius 3 is 2.45 bits per heavy atom. The van der Waals surface area contributed by atoms with E-state index in [0.29, 0.717) is 18.7 Å². The van der Waals surface area contributed by atoms with Gasteiger partial charge in [0, 0.05) is 49.9 Å². The smallest absolute Gasteiger partial charge is 0.262 e. The highest BCUT2D eigenvalue weighted by Gasteiger charge is 2.23. The maximum absolute atomic E-state index is 12.8. The minimum Gasteiger partial charge on any atom is -0.336 e. The fourth-order valence-electron chi connectivity index (χ4n) is 3.76. The monoisotopic (exact) mass is 440 g/mol. The molecule has 9 heteroatoms. The Morgan fingerprint density at radius 2 is 1.74 bits per heavy atom. The molecule has 0 unspecified atom stereocenters. The van der Waals surface area contributed by atoms with Crippen LogP contribution in [0.1, 0.15) is 15.9 Å². The Bertz CT molecular complexity index is 1170. The van der Waals surface area contributed by atoms with Crippen molar-refractivity contribution in [3.05, 3.63) is 71.9 Å². The van der Waals surface area contributed by atoms with E-state index < -0.39 is 10.0 Å². The maximum Gasteiger partial charge on any atom is 0.262 e. The summed E-state index contributed by atoms with van der Waals surface area (Å²) < 4.78 is 23.9. The highest BCUT2D eigenvalue weighted by Crippen LogP contribution is 2.19. The van der Waals surface area contributed by atoms with Crippen LogP contribution in [0.2, 0.25) is 0 Å². The second kappa shape index (κ2) is 9.11. The van der Waals surface area contributed by atoms with Gasteiger partial charge in [0.15, 0.2) is 0 Å². The molecule has 162 valence electrons. The number of amides is 1. The predicted octanol–water partition coefficient (Wildman–Crippen LogP) is 2.03. The lowest BCUT2D eigenvalue weighted by Gasteiger charge is -2.35. The Labute approximate surface area is 181 Å². The normalized spacial score (nSPS) is 15.3. The SMILES string of the molecule is CONS(=O)(=O)c1ccc(C(=O)N2CCN(Cc3cccc4cccnc34)CC2)cc1. The van der Waals surface area contributed by atoms with E-state index in [1.807, 2.05) is 23.2 Å². The molecule has 4 rings (SSSR count). The van der Waals surface area contributed by atoms with Crippen LogP contribution in [0.5, 0.6) is 0 Å². The predicted molar refractivity (Wildman–Crippen MR) is 117 cm³/mol. The molecule has 1 amide bonds. The molecule has 0 radical (unpaired) electrons. The fourth-order valence-corrected chi connectivity index (χ4v) is 4.57. The summed E-state index contributed by atoms with van der Waals surface area (Å²) in [5.74, 6) is -0.102. The van der Waals surface area contributed by atoms with Crippen molar-refractivity contribution in [2.45, 2.75) is 11.4 Å². The molecular weight excluding hydrogens is 416 g/mol. The van der Waals surface area contributed by atoms with Crippen LogP contribution in [0.25, 0.3) is 10.9 Å². The number of aromatic nitrogens is 1. The van der Waals surface area contributed by atoms with Crippen molar-refractivity contribution in [1.82, 2.24) is 19.7 Å². The van der Waals surface area contributed by atoms with Crippen LogP contribution in [-0.2, 0) is 21.4 Å². The number of nitrogens with zero attached hydrogens (tertiary/aromatic N) is 3. The molecule has 1 aliphatic heterocycles. The summed E-state index contributed by atoms with van der Waals surface area (Å²) >= 11 is 0. The van der Waals surface area contributed by atoms with Crippen molar-refractivity contribution in [3.8, 4) is 0 Å². The second-order valence-electron chi connectivity index (χ2n) is 7.38. The van der Waals surface area contributed by atoms with Gasteiger partial charge in [-0.15, -0.1) is 0 Å². The third-order valence-electron chi connectivity index (χ3n) is 5.37. The molecule has 8 nitrogen and oxygen atoms in total. The first-order valence-electron chi connectivity index (χ1n) is 9.97. The van der Waals surface area contributed by atoms with Crippen molar-refractivity contribution >= 4 is 26.8 Å². The van der Waals surface area contributed by atoms with Crippen molar-refractivity contribution < 1.29 is 18.0 Å². The van der Waals surface area contributed by atoms with E-state index in [1.54, 1.807) is 4.90 Å². The summed E-state index contributed by atoms with van der Waals surface area (Å²) in [7, 11) is -2.51. The van der Waals surface area contributed by atoms with Gasteiger partial charge in [-0.05, 0) is 35.9 Å². The largest absolute Gasteiger partial charge is 0.336 e. The number of pyridine rings is 1. The molecule has 0 bridgehead atoms. The van der Waals surface area contributed by atoms with Gasteiger partial charge < -0.3 is 4.90 Å². The highest BCUT2D eigenvalue weighted by atomic mass is 32.2. The molecule has 2 aromatic carbocycles. The van der Waals surface area contributed by atoms with Crippen molar-refractivity contribution in [3.63, 3.8) is 0 Å². The Morgan fingerprint density at radius 1 is 1.03 bits per heavy atom. The number of benzene rings is 2. The second-order valence-corrected chi connectivity index (χ2v) is 9.02. The molecule has 1 aromatic heterocycles. The van der Waals surface area contributed by atoms with Crippen LogP contribution < -0.4 is 4.89 Å². The molecule has 1 aliphatic rings. The molecule has 1 fully saturated rings. The molecule has 2 heterocycles. The van der Waals surface area contributed by atoms with Crippen molar-refractivity contribution in [2.75, 3.05) is 33.3 Å². The summed E-state index contributed by atoms with van der Waals surface area (Å²) in [6.07, 6.45) is 1.81. The zero-order valence-electron chi connectivity index (χ0n) is 17.2. The minimum atomic E-state index is -3.74. The van der Waals surface area contributed by atoms with Gasteiger partial charge in [-0.3, -0.25) is 19.5 Å². The van der Waals surface area contributed by atoms with Gasteiger partial charge in [0.2, 0.25) is 0 Å². The summed E-state index contributed by atoms with van der Waals surface area (Å²) in [6, 6.07) is 16.1. The Kier molecular flexibility index (Phi) is 6.28. The van der Waals surface area contributed by atoms with Crippen LogP contribution in [0.3, 0.4) is 0 Å². The summed E-state index contributed by atoms with van der Waals surface area (Å²) in [5, 5.41) is 1.12. The standard InChI is InChI=1S/C22H24N4O4S/c1-30-24-31(28,29)20-9-7-18(8-10-20)22(27)26-14-12-25(13-15-26)16-19-5-2-4-17-6-3-11-23-21(17)19/h2-11,24H,12-16H2,1H3. The van der Waals surface area contributed by atoms with Gasteiger partial charge >= 0.3 is 0 Å². The van der Waals surface area contributed by atoms with Crippen LogP contribution in [0.4, 0.5) is 0 Å². The van der Waals surface area contributed by atoms with Gasteiger partial charge in [0.1, 0.15) is 0 Å². The summed E-state index contributed by atoms with van der Waals surface area (Å²) in [5.41, 5.74) is 2.66. The number of sulfonamides is 1. The highest BCUT2D eigenvalue weighted by molar-refractivity contribution is 7.89. The van der Waals surface area contributed by atoms with Gasteiger partial charge in [-0.1, -0.05) is 29.2 Å². The third-order valence-corrected chi connectivity index (χ3v) is 6.65. The van der Waals surface area contributed by atoms with E-state index in [1.165, 1.54) is 36.9 Å². The van der Waals surface area contributed by atoms with Crippen LogP contribution in [0, 0.1) is 0 Å². The van der Waals surface area contributed by atoms with E-state index in [0.717, 1.165) is 30.5 Å². The summed E-state index contributed by atoms with van der Waals surface area (Å²) in [6.45, 7) is 3.54. The quantitative estimate of drug-likeness (QED) is 0.590. The van der Waals surface area contributed by atoms with E-state index in [4.69, 9.17) is 0 Å².